The highest BCUT2D eigenvalue weighted by Crippen LogP contribution is 2.21. The van der Waals surface area contributed by atoms with Gasteiger partial charge in [0.25, 0.3) is 5.91 Å². The summed E-state index contributed by atoms with van der Waals surface area (Å²) >= 11 is 5.91. The van der Waals surface area contributed by atoms with E-state index in [9.17, 15) is 14.4 Å². The molecule has 1 aromatic heterocycles. The SMILES string of the molecule is Cc1cccnc1NC(=O)C1CCCN(C(=O)C(CC(C)C)NC(=O)c2ccc(Cl)cc2)C1. The van der Waals surface area contributed by atoms with Crippen LogP contribution in [0.5, 0.6) is 0 Å². The van der Waals surface area contributed by atoms with Crippen LogP contribution in [0.4, 0.5) is 5.82 Å². The highest BCUT2D eigenvalue weighted by Gasteiger charge is 2.33. The third kappa shape index (κ3) is 6.78. The highest BCUT2D eigenvalue weighted by molar-refractivity contribution is 6.30. The van der Waals surface area contributed by atoms with Crippen molar-refractivity contribution in [3.8, 4) is 0 Å². The maximum atomic E-state index is 13.4. The number of aryl methyl sites for hydroxylation is 1. The van der Waals surface area contributed by atoms with Crippen LogP contribution in [0.15, 0.2) is 42.6 Å². The van der Waals surface area contributed by atoms with Gasteiger partial charge in [-0.2, -0.15) is 0 Å². The molecule has 8 heteroatoms. The minimum absolute atomic E-state index is 0.139. The van der Waals surface area contributed by atoms with Gasteiger partial charge in [0.05, 0.1) is 5.92 Å². The lowest BCUT2D eigenvalue weighted by Gasteiger charge is -2.35. The number of nitrogens with zero attached hydrogens (tertiary/aromatic N) is 2. The molecule has 0 aliphatic carbocycles. The van der Waals surface area contributed by atoms with Crippen molar-refractivity contribution in [2.24, 2.45) is 11.8 Å². The second-order valence-corrected chi connectivity index (χ2v) is 9.38. The minimum Gasteiger partial charge on any atom is -0.340 e. The van der Waals surface area contributed by atoms with Crippen molar-refractivity contribution in [1.29, 1.82) is 0 Å². The van der Waals surface area contributed by atoms with Crippen LogP contribution in [0.25, 0.3) is 0 Å². The molecule has 2 heterocycles. The molecular formula is C25H31ClN4O3. The average Bonchev–Trinajstić information content (AvgIpc) is 2.79. The number of amides is 3. The van der Waals surface area contributed by atoms with Gasteiger partial charge in [0.2, 0.25) is 11.8 Å². The second kappa shape index (κ2) is 11.3. The van der Waals surface area contributed by atoms with Crippen LogP contribution in [0.3, 0.4) is 0 Å². The van der Waals surface area contributed by atoms with Crippen molar-refractivity contribution in [1.82, 2.24) is 15.2 Å². The van der Waals surface area contributed by atoms with Crippen molar-refractivity contribution >= 4 is 35.1 Å². The Hall–Kier alpha value is -2.93. The average molecular weight is 471 g/mol. The standard InChI is InChI=1S/C25H31ClN4O3/c1-16(2)14-21(28-23(31)18-8-10-20(26)11-9-18)25(33)30-13-5-7-19(15-30)24(32)29-22-17(3)6-4-12-27-22/h4,6,8-12,16,19,21H,5,7,13-15H2,1-3H3,(H,28,31)(H,27,29,32). The number of piperidine rings is 1. The van der Waals surface area contributed by atoms with Gasteiger partial charge in [0.15, 0.2) is 0 Å². The van der Waals surface area contributed by atoms with Gasteiger partial charge < -0.3 is 15.5 Å². The molecule has 1 aromatic carbocycles. The monoisotopic (exact) mass is 470 g/mol. The summed E-state index contributed by atoms with van der Waals surface area (Å²) in [5.74, 6) is -0.185. The molecule has 1 aliphatic heterocycles. The molecule has 2 N–H and O–H groups in total. The fourth-order valence-electron chi connectivity index (χ4n) is 3.98. The Kier molecular flexibility index (Phi) is 8.44. The van der Waals surface area contributed by atoms with E-state index in [-0.39, 0.29) is 29.6 Å². The number of carbonyl (C=O) groups excluding carboxylic acids is 3. The molecule has 2 unspecified atom stereocenters. The molecular weight excluding hydrogens is 440 g/mol. The number of anilines is 1. The van der Waals surface area contributed by atoms with Crippen molar-refractivity contribution < 1.29 is 14.4 Å². The van der Waals surface area contributed by atoms with Crippen molar-refractivity contribution in [3.05, 3.63) is 58.7 Å². The van der Waals surface area contributed by atoms with E-state index in [1.165, 1.54) is 0 Å². The maximum absolute atomic E-state index is 13.4. The number of aromatic nitrogens is 1. The predicted octanol–water partition coefficient (Wildman–Crippen LogP) is 4.07. The molecule has 0 saturated carbocycles. The number of pyridine rings is 1. The van der Waals surface area contributed by atoms with Crippen LogP contribution in [0.2, 0.25) is 5.02 Å². The molecule has 1 fully saturated rings. The Morgan fingerprint density at radius 3 is 2.58 bits per heavy atom. The zero-order valence-electron chi connectivity index (χ0n) is 19.3. The van der Waals surface area contributed by atoms with Gasteiger partial charge in [0.1, 0.15) is 11.9 Å². The number of halogens is 1. The lowest BCUT2D eigenvalue weighted by atomic mass is 9.95. The fraction of sp³-hybridized carbons (Fsp3) is 0.440. The zero-order valence-corrected chi connectivity index (χ0v) is 20.1. The number of likely N-dealkylation sites (tertiary alicyclic amines) is 1. The summed E-state index contributed by atoms with van der Waals surface area (Å²) in [4.78, 5) is 44.9. The summed E-state index contributed by atoms with van der Waals surface area (Å²) in [7, 11) is 0. The lowest BCUT2D eigenvalue weighted by molar-refractivity contribution is -0.136. The molecule has 7 nitrogen and oxygen atoms in total. The first kappa shape index (κ1) is 24.7. The van der Waals surface area contributed by atoms with E-state index in [1.807, 2.05) is 32.9 Å². The topological polar surface area (TPSA) is 91.4 Å². The number of carbonyl (C=O) groups is 3. The molecule has 1 saturated heterocycles. The van der Waals surface area contributed by atoms with Crippen molar-refractivity contribution in [2.45, 2.75) is 46.1 Å². The smallest absolute Gasteiger partial charge is 0.251 e. The summed E-state index contributed by atoms with van der Waals surface area (Å²) in [6, 6.07) is 9.61. The molecule has 176 valence electrons. The van der Waals surface area contributed by atoms with Crippen LogP contribution >= 0.6 is 11.6 Å². The maximum Gasteiger partial charge on any atom is 0.251 e. The zero-order chi connectivity index (χ0) is 24.0. The van der Waals surface area contributed by atoms with Crippen LogP contribution in [-0.2, 0) is 9.59 Å². The third-order valence-electron chi connectivity index (χ3n) is 5.77. The summed E-state index contributed by atoms with van der Waals surface area (Å²) in [6.45, 7) is 6.80. The first-order valence-corrected chi connectivity index (χ1v) is 11.7. The molecule has 0 spiro atoms. The summed E-state index contributed by atoms with van der Waals surface area (Å²) in [5.41, 5.74) is 1.33. The predicted molar refractivity (Wildman–Crippen MR) is 129 cm³/mol. The third-order valence-corrected chi connectivity index (χ3v) is 6.02. The van der Waals surface area contributed by atoms with Gasteiger partial charge in [0, 0.05) is 29.9 Å². The molecule has 1 aliphatic rings. The molecule has 0 bridgehead atoms. The molecule has 2 atom stereocenters. The van der Waals surface area contributed by atoms with Gasteiger partial charge in [-0.25, -0.2) is 4.98 Å². The number of hydrogen-bond donors (Lipinski definition) is 2. The van der Waals surface area contributed by atoms with Crippen LogP contribution in [0, 0.1) is 18.8 Å². The van der Waals surface area contributed by atoms with E-state index >= 15 is 0 Å². The van der Waals surface area contributed by atoms with E-state index in [1.54, 1.807) is 35.4 Å². The van der Waals surface area contributed by atoms with Gasteiger partial charge in [-0.3, -0.25) is 14.4 Å². The molecule has 3 amide bonds. The quantitative estimate of drug-likeness (QED) is 0.638. The summed E-state index contributed by atoms with van der Waals surface area (Å²) < 4.78 is 0. The van der Waals surface area contributed by atoms with Gasteiger partial charge in [-0.05, 0) is 68.0 Å². The Morgan fingerprint density at radius 1 is 1.18 bits per heavy atom. The van der Waals surface area contributed by atoms with E-state index in [4.69, 9.17) is 11.6 Å². The second-order valence-electron chi connectivity index (χ2n) is 8.94. The molecule has 3 rings (SSSR count). The number of nitrogens with one attached hydrogen (secondary N) is 2. The van der Waals surface area contributed by atoms with Crippen LogP contribution < -0.4 is 10.6 Å². The summed E-state index contributed by atoms with van der Waals surface area (Å²) in [5, 5.41) is 6.32. The van der Waals surface area contributed by atoms with Crippen LogP contribution in [0.1, 0.15) is 49.0 Å². The van der Waals surface area contributed by atoms with Gasteiger partial charge in [-0.1, -0.05) is 31.5 Å². The Bertz CT molecular complexity index is 993. The number of benzene rings is 1. The van der Waals surface area contributed by atoms with E-state index in [2.05, 4.69) is 15.6 Å². The fourth-order valence-corrected chi connectivity index (χ4v) is 4.11. The molecule has 0 radical (unpaired) electrons. The molecule has 2 aromatic rings. The number of rotatable bonds is 7. The molecule has 33 heavy (non-hydrogen) atoms. The van der Waals surface area contributed by atoms with E-state index in [0.717, 1.165) is 12.0 Å². The number of hydrogen-bond acceptors (Lipinski definition) is 4. The van der Waals surface area contributed by atoms with Crippen molar-refractivity contribution in [3.63, 3.8) is 0 Å². The lowest BCUT2D eigenvalue weighted by Crippen LogP contribution is -2.53. The van der Waals surface area contributed by atoms with Crippen molar-refractivity contribution in [2.75, 3.05) is 18.4 Å². The first-order chi connectivity index (χ1) is 15.7. The normalized spacial score (nSPS) is 16.9. The minimum atomic E-state index is -0.659. The van der Waals surface area contributed by atoms with Gasteiger partial charge in [-0.15, -0.1) is 0 Å². The Morgan fingerprint density at radius 2 is 1.91 bits per heavy atom. The Labute approximate surface area is 199 Å². The largest absolute Gasteiger partial charge is 0.340 e. The van der Waals surface area contributed by atoms with Gasteiger partial charge >= 0.3 is 0 Å². The highest BCUT2D eigenvalue weighted by atomic mass is 35.5. The Balaban J connectivity index is 1.67. The first-order valence-electron chi connectivity index (χ1n) is 11.3. The summed E-state index contributed by atoms with van der Waals surface area (Å²) in [6.07, 6.45) is 3.58. The van der Waals surface area contributed by atoms with E-state index in [0.29, 0.717) is 42.3 Å². The van der Waals surface area contributed by atoms with E-state index < -0.39 is 6.04 Å². The van der Waals surface area contributed by atoms with Crippen LogP contribution in [-0.4, -0.2) is 46.7 Å².